The molecule has 0 aliphatic heterocycles. The van der Waals surface area contributed by atoms with Crippen LogP contribution in [-0.4, -0.2) is 7.11 Å². The molecule has 4 aromatic rings. The Labute approximate surface area is 146 Å². The lowest BCUT2D eigenvalue weighted by Crippen LogP contribution is -2.06. The van der Waals surface area contributed by atoms with Crippen molar-refractivity contribution in [2.24, 2.45) is 0 Å². The van der Waals surface area contributed by atoms with Crippen molar-refractivity contribution in [3.05, 3.63) is 69.8 Å². The van der Waals surface area contributed by atoms with Crippen LogP contribution in [0.1, 0.15) is 5.76 Å². The number of hydrogen-bond acceptors (Lipinski definition) is 5. The van der Waals surface area contributed by atoms with E-state index in [2.05, 4.69) is 0 Å². The zero-order chi connectivity index (χ0) is 18.4. The fourth-order valence-corrected chi connectivity index (χ4v) is 3.05. The van der Waals surface area contributed by atoms with Crippen LogP contribution in [0.15, 0.2) is 56.1 Å². The minimum atomic E-state index is -0.366. The van der Waals surface area contributed by atoms with E-state index in [0.29, 0.717) is 44.6 Å². The second-order valence-corrected chi connectivity index (χ2v) is 5.91. The third kappa shape index (κ3) is 2.47. The van der Waals surface area contributed by atoms with Crippen LogP contribution in [0.25, 0.3) is 33.1 Å². The molecule has 0 unspecified atom stereocenters. The predicted octanol–water partition coefficient (Wildman–Crippen LogP) is 4.14. The molecule has 2 aromatic carbocycles. The SMILES string of the molecule is COc1c2cc(-c3ccc(F)cc3)c(=N)oc2cc2oc(C)cc(=O)c12. The van der Waals surface area contributed by atoms with Gasteiger partial charge in [0, 0.05) is 17.7 Å². The summed E-state index contributed by atoms with van der Waals surface area (Å²) in [5.74, 6) is 0.422. The number of methoxy groups -OCH3 is 1. The van der Waals surface area contributed by atoms with Gasteiger partial charge in [0.25, 0.3) is 0 Å². The van der Waals surface area contributed by atoms with Crippen molar-refractivity contribution in [3.63, 3.8) is 0 Å². The molecule has 5 nitrogen and oxygen atoms in total. The number of fused-ring (bicyclic) bond motifs is 2. The number of halogens is 1. The van der Waals surface area contributed by atoms with Crippen LogP contribution in [0.5, 0.6) is 5.75 Å². The van der Waals surface area contributed by atoms with Crippen molar-refractivity contribution in [3.8, 4) is 16.9 Å². The Morgan fingerprint density at radius 1 is 1.04 bits per heavy atom. The van der Waals surface area contributed by atoms with E-state index < -0.39 is 0 Å². The Hall–Kier alpha value is -3.41. The zero-order valence-electron chi connectivity index (χ0n) is 14.1. The smallest absolute Gasteiger partial charge is 0.219 e. The van der Waals surface area contributed by atoms with E-state index in [9.17, 15) is 9.18 Å². The lowest BCUT2D eigenvalue weighted by molar-refractivity contribution is 0.422. The maximum atomic E-state index is 13.2. The highest BCUT2D eigenvalue weighted by molar-refractivity contribution is 6.01. The van der Waals surface area contributed by atoms with Crippen molar-refractivity contribution >= 4 is 21.9 Å². The summed E-state index contributed by atoms with van der Waals surface area (Å²) in [4.78, 5) is 12.4. The molecule has 0 spiro atoms. The molecule has 0 bridgehead atoms. The summed E-state index contributed by atoms with van der Waals surface area (Å²) in [5.41, 5.74) is 1.48. The Bertz CT molecular complexity index is 1270. The molecule has 4 rings (SSSR count). The van der Waals surface area contributed by atoms with Gasteiger partial charge in [-0.15, -0.1) is 0 Å². The van der Waals surface area contributed by atoms with Gasteiger partial charge in [-0.1, -0.05) is 12.1 Å². The number of benzene rings is 2. The maximum absolute atomic E-state index is 13.2. The second kappa shape index (κ2) is 5.84. The van der Waals surface area contributed by atoms with E-state index in [1.807, 2.05) is 0 Å². The van der Waals surface area contributed by atoms with E-state index in [1.54, 1.807) is 31.2 Å². The molecule has 0 aliphatic rings. The highest BCUT2D eigenvalue weighted by atomic mass is 19.1. The summed E-state index contributed by atoms with van der Waals surface area (Å²) in [6.07, 6.45) is 0. The third-order valence-electron chi connectivity index (χ3n) is 4.20. The summed E-state index contributed by atoms with van der Waals surface area (Å²) in [6.45, 7) is 1.68. The van der Waals surface area contributed by atoms with Gasteiger partial charge in [-0.2, -0.15) is 0 Å². The Morgan fingerprint density at radius 3 is 2.46 bits per heavy atom. The second-order valence-electron chi connectivity index (χ2n) is 5.91. The maximum Gasteiger partial charge on any atom is 0.219 e. The lowest BCUT2D eigenvalue weighted by atomic mass is 10.0. The Balaban J connectivity index is 2.12. The van der Waals surface area contributed by atoms with Crippen LogP contribution < -0.4 is 15.7 Å². The fourth-order valence-electron chi connectivity index (χ4n) is 3.05. The Morgan fingerprint density at radius 2 is 1.77 bits per heavy atom. The molecule has 0 fully saturated rings. The molecule has 2 aromatic heterocycles. The van der Waals surface area contributed by atoms with E-state index in [4.69, 9.17) is 19.0 Å². The number of nitrogens with one attached hydrogen (secondary N) is 1. The number of hydrogen-bond donors (Lipinski definition) is 1. The molecular weight excluding hydrogens is 337 g/mol. The molecule has 0 aliphatic carbocycles. The van der Waals surface area contributed by atoms with Crippen LogP contribution >= 0.6 is 0 Å². The first kappa shape index (κ1) is 16.1. The summed E-state index contributed by atoms with van der Waals surface area (Å²) in [6, 6.07) is 10.4. The first-order valence-corrected chi connectivity index (χ1v) is 7.88. The van der Waals surface area contributed by atoms with Gasteiger partial charge in [0.15, 0.2) is 5.43 Å². The predicted molar refractivity (Wildman–Crippen MR) is 94.8 cm³/mol. The van der Waals surface area contributed by atoms with Gasteiger partial charge >= 0.3 is 0 Å². The minimum Gasteiger partial charge on any atom is -0.495 e. The van der Waals surface area contributed by atoms with Crippen LogP contribution in [0, 0.1) is 18.2 Å². The molecule has 0 saturated carbocycles. The third-order valence-corrected chi connectivity index (χ3v) is 4.20. The quantitative estimate of drug-likeness (QED) is 0.551. The van der Waals surface area contributed by atoms with Gasteiger partial charge in [0.1, 0.15) is 33.9 Å². The molecule has 130 valence electrons. The highest BCUT2D eigenvalue weighted by Crippen LogP contribution is 2.34. The Kier molecular flexibility index (Phi) is 3.61. The van der Waals surface area contributed by atoms with Gasteiger partial charge in [0.2, 0.25) is 5.55 Å². The summed E-state index contributed by atoms with van der Waals surface area (Å²) in [5, 5.41) is 9.01. The normalized spacial score (nSPS) is 11.2. The lowest BCUT2D eigenvalue weighted by Gasteiger charge is -2.10. The van der Waals surface area contributed by atoms with Crippen molar-refractivity contribution < 1.29 is 18.0 Å². The molecule has 1 N–H and O–H groups in total. The van der Waals surface area contributed by atoms with Gasteiger partial charge in [-0.3, -0.25) is 10.2 Å². The number of ether oxygens (including phenoxy) is 1. The standard InChI is InChI=1S/C20H14FNO4/c1-10-7-15(23)18-17(25-10)9-16-14(19(18)24-2)8-13(20(22)26-16)11-3-5-12(21)6-4-11/h3-9,22H,1-2H3. The highest BCUT2D eigenvalue weighted by Gasteiger charge is 2.17. The molecule has 6 heteroatoms. The zero-order valence-corrected chi connectivity index (χ0v) is 14.1. The first-order chi connectivity index (χ1) is 12.5. The molecule has 0 atom stereocenters. The van der Waals surface area contributed by atoms with Crippen molar-refractivity contribution in [1.82, 2.24) is 0 Å². The topological polar surface area (TPSA) is 76.4 Å². The summed E-state index contributed by atoms with van der Waals surface area (Å²) < 4.78 is 29.9. The molecule has 26 heavy (non-hydrogen) atoms. The number of rotatable bonds is 2. The van der Waals surface area contributed by atoms with E-state index in [1.165, 1.54) is 25.3 Å². The van der Waals surface area contributed by atoms with Crippen molar-refractivity contribution in [2.45, 2.75) is 6.92 Å². The van der Waals surface area contributed by atoms with Crippen LogP contribution in [0.4, 0.5) is 4.39 Å². The van der Waals surface area contributed by atoms with E-state index in [0.717, 1.165) is 0 Å². The molecule has 0 saturated heterocycles. The summed E-state index contributed by atoms with van der Waals surface area (Å²) >= 11 is 0. The van der Waals surface area contributed by atoms with Crippen LogP contribution in [0.3, 0.4) is 0 Å². The average molecular weight is 351 g/mol. The van der Waals surface area contributed by atoms with Gasteiger partial charge in [-0.05, 0) is 30.7 Å². The summed E-state index contributed by atoms with van der Waals surface area (Å²) in [7, 11) is 1.46. The van der Waals surface area contributed by atoms with Crippen molar-refractivity contribution in [1.29, 1.82) is 5.41 Å². The number of aryl methyl sites for hydroxylation is 1. The van der Waals surface area contributed by atoms with E-state index in [-0.39, 0.29) is 16.8 Å². The van der Waals surface area contributed by atoms with Crippen LogP contribution in [0.2, 0.25) is 0 Å². The monoisotopic (exact) mass is 351 g/mol. The van der Waals surface area contributed by atoms with Gasteiger partial charge < -0.3 is 13.6 Å². The molecule has 2 heterocycles. The largest absolute Gasteiger partial charge is 0.495 e. The van der Waals surface area contributed by atoms with Crippen molar-refractivity contribution in [2.75, 3.05) is 7.11 Å². The molecule has 0 amide bonds. The van der Waals surface area contributed by atoms with Crippen LogP contribution in [-0.2, 0) is 0 Å². The van der Waals surface area contributed by atoms with Gasteiger partial charge in [0.05, 0.1) is 12.5 Å². The average Bonchev–Trinajstić information content (AvgIpc) is 2.60. The molecular formula is C20H14FNO4. The van der Waals surface area contributed by atoms with Gasteiger partial charge in [-0.25, -0.2) is 4.39 Å². The fraction of sp³-hybridized carbons (Fsp3) is 0.100. The first-order valence-electron chi connectivity index (χ1n) is 7.88. The van der Waals surface area contributed by atoms with E-state index >= 15 is 0 Å². The molecule has 0 radical (unpaired) electrons. The minimum absolute atomic E-state index is 0.0829.